The van der Waals surface area contributed by atoms with Crippen LogP contribution in [0.15, 0.2) is 182 Å². The molecule has 0 saturated heterocycles. The number of ether oxygens (including phenoxy) is 1. The van der Waals surface area contributed by atoms with Crippen LogP contribution < -0.4 is 14.5 Å². The van der Waals surface area contributed by atoms with Crippen LogP contribution in [0.3, 0.4) is 0 Å². The van der Waals surface area contributed by atoms with Crippen LogP contribution in [-0.2, 0) is 21.7 Å². The fraction of sp³-hybridized carbons (Fsp3) is 0.288. The predicted molar refractivity (Wildman–Crippen MR) is 300 cm³/mol. The quantitative estimate of drug-likeness (QED) is 0.115. The van der Waals surface area contributed by atoms with Crippen molar-refractivity contribution in [2.75, 3.05) is 16.5 Å². The van der Waals surface area contributed by atoms with Gasteiger partial charge >= 0.3 is 0 Å². The van der Waals surface area contributed by atoms with Gasteiger partial charge in [-0.1, -0.05) is 178 Å². The Balaban J connectivity index is 1.13. The van der Waals surface area contributed by atoms with E-state index in [1.807, 2.05) is 6.20 Å². The lowest BCUT2D eigenvalue weighted by molar-refractivity contribution is 0.463. The number of anilines is 4. The van der Waals surface area contributed by atoms with Gasteiger partial charge in [0.15, 0.2) is 0 Å². The number of hydrogen-bond donors (Lipinski definition) is 0. The largest absolute Gasteiger partial charge is 0.457 e. The highest BCUT2D eigenvalue weighted by molar-refractivity contribution is 6.09. The van der Waals surface area contributed by atoms with Gasteiger partial charge in [0.1, 0.15) is 24.0 Å². The van der Waals surface area contributed by atoms with Crippen LogP contribution in [0.4, 0.5) is 22.7 Å². The monoisotopic (exact) mass is 935 g/mol. The molecule has 5 nitrogen and oxygen atoms in total. The van der Waals surface area contributed by atoms with Gasteiger partial charge in [0.25, 0.3) is 0 Å². The third-order valence-electron chi connectivity index (χ3n) is 15.9. The van der Waals surface area contributed by atoms with Gasteiger partial charge in [0.2, 0.25) is 0 Å². The molecule has 0 N–H and O–H groups in total. The molecule has 0 bridgehead atoms. The molecular weight excluding hydrogens is 865 g/mol. The van der Waals surface area contributed by atoms with Crippen LogP contribution in [0.2, 0.25) is 0 Å². The molecule has 10 rings (SSSR count). The minimum Gasteiger partial charge on any atom is -0.457 e. The van der Waals surface area contributed by atoms with Crippen LogP contribution >= 0.6 is 0 Å². The molecule has 1 aliphatic heterocycles. The Morgan fingerprint density at radius 3 is 1.59 bits per heavy atom. The predicted octanol–water partition coefficient (Wildman–Crippen LogP) is 18.0. The van der Waals surface area contributed by atoms with E-state index in [9.17, 15) is 0 Å². The number of aromatic nitrogens is 2. The number of benzene rings is 7. The van der Waals surface area contributed by atoms with Crippen LogP contribution in [-0.4, -0.2) is 16.2 Å². The first kappa shape index (κ1) is 47.6. The van der Waals surface area contributed by atoms with Crippen molar-refractivity contribution in [3.63, 3.8) is 0 Å². The van der Waals surface area contributed by atoms with Crippen molar-refractivity contribution in [2.45, 2.75) is 117 Å². The summed E-state index contributed by atoms with van der Waals surface area (Å²) in [5.41, 5.74) is 14.3. The maximum Gasteiger partial charge on any atom is 0.137 e. The molecule has 7 aromatic carbocycles. The average Bonchev–Trinajstić information content (AvgIpc) is 3.94. The highest BCUT2D eigenvalue weighted by Gasteiger charge is 2.42. The second-order valence-electron chi connectivity index (χ2n) is 21.8. The summed E-state index contributed by atoms with van der Waals surface area (Å²) in [5, 5.41) is 2.35. The zero-order valence-corrected chi connectivity index (χ0v) is 43.6. The normalized spacial score (nSPS) is 13.3. The molecule has 3 heterocycles. The number of hydrogen-bond acceptors (Lipinski definition) is 4. The van der Waals surface area contributed by atoms with Gasteiger partial charge < -0.3 is 14.5 Å². The van der Waals surface area contributed by atoms with Gasteiger partial charge in [-0.2, -0.15) is 0 Å². The SMILES string of the molecule is CCC(CC)(c1ccccc1)c1cccc(C(CC)(CC)c2ccccc2)c1N1CN(c2cc(Oc3ccc4c5ccccc5n(-c5cc(C(C)(C)C)ccn5)c4c3)cc(C(C)(C)C)c2)c2ccccc21. The first-order chi connectivity index (χ1) is 34.2. The van der Waals surface area contributed by atoms with Gasteiger partial charge in [0, 0.05) is 45.6 Å². The first-order valence-electron chi connectivity index (χ1n) is 26.0. The topological polar surface area (TPSA) is 33.5 Å². The van der Waals surface area contributed by atoms with E-state index in [1.54, 1.807) is 0 Å². The summed E-state index contributed by atoms with van der Waals surface area (Å²) in [6, 6.07) is 65.1. The molecule has 360 valence electrons. The van der Waals surface area contributed by atoms with Crippen molar-refractivity contribution in [1.82, 2.24) is 9.55 Å². The molecule has 0 unspecified atom stereocenters. The fourth-order valence-electron chi connectivity index (χ4n) is 11.8. The van der Waals surface area contributed by atoms with Crippen LogP contribution in [0.1, 0.15) is 128 Å². The van der Waals surface area contributed by atoms with E-state index in [1.165, 1.54) is 61.2 Å². The Labute approximate surface area is 422 Å². The van der Waals surface area contributed by atoms with Crippen molar-refractivity contribution in [3.8, 4) is 17.3 Å². The molecule has 0 radical (unpaired) electrons. The molecule has 2 aromatic heterocycles. The summed E-state index contributed by atoms with van der Waals surface area (Å²) in [6.45, 7) is 23.8. The Morgan fingerprint density at radius 2 is 1.00 bits per heavy atom. The van der Waals surface area contributed by atoms with Crippen molar-refractivity contribution >= 4 is 44.6 Å². The molecule has 0 amide bonds. The molecule has 5 heteroatoms. The van der Waals surface area contributed by atoms with E-state index in [4.69, 9.17) is 9.72 Å². The lowest BCUT2D eigenvalue weighted by Gasteiger charge is -2.42. The minimum absolute atomic E-state index is 0.0193. The van der Waals surface area contributed by atoms with E-state index in [0.717, 1.165) is 59.7 Å². The highest BCUT2D eigenvalue weighted by Crippen LogP contribution is 2.55. The van der Waals surface area contributed by atoms with E-state index >= 15 is 0 Å². The smallest absolute Gasteiger partial charge is 0.137 e. The van der Waals surface area contributed by atoms with E-state index < -0.39 is 0 Å². The van der Waals surface area contributed by atoms with Gasteiger partial charge in [-0.05, 0) is 124 Å². The Kier molecular flexibility index (Phi) is 12.4. The van der Waals surface area contributed by atoms with E-state index in [2.05, 4.69) is 260 Å². The summed E-state index contributed by atoms with van der Waals surface area (Å²) < 4.78 is 9.39. The second kappa shape index (κ2) is 18.6. The van der Waals surface area contributed by atoms with Crippen LogP contribution in [0.25, 0.3) is 27.6 Å². The summed E-state index contributed by atoms with van der Waals surface area (Å²) in [4.78, 5) is 10.1. The maximum atomic E-state index is 7.10. The Bertz CT molecular complexity index is 3270. The molecule has 0 atom stereocenters. The first-order valence-corrected chi connectivity index (χ1v) is 26.0. The summed E-state index contributed by atoms with van der Waals surface area (Å²) in [6.07, 6.45) is 5.83. The molecule has 0 spiro atoms. The molecule has 0 fully saturated rings. The molecular formula is C66H70N4O. The molecule has 1 aliphatic rings. The highest BCUT2D eigenvalue weighted by atomic mass is 16.5. The lowest BCUT2D eigenvalue weighted by atomic mass is 9.65. The molecule has 71 heavy (non-hydrogen) atoms. The van der Waals surface area contributed by atoms with Gasteiger partial charge in [-0.25, -0.2) is 4.98 Å². The second-order valence-corrected chi connectivity index (χ2v) is 21.8. The lowest BCUT2D eigenvalue weighted by Crippen LogP contribution is -2.35. The van der Waals surface area contributed by atoms with Crippen molar-refractivity contribution in [3.05, 3.63) is 216 Å². The number of rotatable bonds is 13. The summed E-state index contributed by atoms with van der Waals surface area (Å²) in [7, 11) is 0. The van der Waals surface area contributed by atoms with Gasteiger partial charge in [0.05, 0.1) is 28.1 Å². The summed E-state index contributed by atoms with van der Waals surface area (Å²) >= 11 is 0. The van der Waals surface area contributed by atoms with Gasteiger partial charge in [-0.15, -0.1) is 0 Å². The third-order valence-corrected chi connectivity index (χ3v) is 15.9. The summed E-state index contributed by atoms with van der Waals surface area (Å²) in [5.74, 6) is 2.48. The minimum atomic E-state index is -0.218. The Hall–Kier alpha value is -7.11. The fourth-order valence-corrected chi connectivity index (χ4v) is 11.8. The van der Waals surface area contributed by atoms with Crippen LogP contribution in [0, 0.1) is 0 Å². The van der Waals surface area contributed by atoms with Gasteiger partial charge in [-0.3, -0.25) is 4.57 Å². The number of para-hydroxylation sites is 4. The van der Waals surface area contributed by atoms with E-state index in [0.29, 0.717) is 6.67 Å². The van der Waals surface area contributed by atoms with E-state index in [-0.39, 0.29) is 21.7 Å². The van der Waals surface area contributed by atoms with Crippen molar-refractivity contribution < 1.29 is 4.74 Å². The molecule has 9 aromatic rings. The van der Waals surface area contributed by atoms with Crippen molar-refractivity contribution in [2.24, 2.45) is 0 Å². The number of pyridine rings is 1. The van der Waals surface area contributed by atoms with Crippen molar-refractivity contribution in [1.29, 1.82) is 0 Å². The number of fused-ring (bicyclic) bond motifs is 4. The average molecular weight is 935 g/mol. The Morgan fingerprint density at radius 1 is 0.451 bits per heavy atom. The zero-order chi connectivity index (χ0) is 49.7. The van der Waals surface area contributed by atoms with Crippen LogP contribution in [0.5, 0.6) is 11.5 Å². The molecule has 0 aliphatic carbocycles. The number of nitrogens with zero attached hydrogens (tertiary/aromatic N) is 4. The zero-order valence-electron chi connectivity index (χ0n) is 43.6. The standard InChI is InChI=1S/C66H70N4O/c1-11-65(12-2,46-26-17-15-18-27-46)55-31-25-32-56(66(13-3,14-4)47-28-19-16-20-29-47)62(55)69-45-68(58-34-23-24-35-59(58)69)50-40-49(64(8,9)10)41-52(43-50)71-51-36-37-54-53-30-21-22-33-57(53)70(60(54)44-51)61-42-48(38-39-67-61)63(5,6)7/h15-44H,11-14,45H2,1-10H3. The third kappa shape index (κ3) is 8.27. The molecule has 0 saturated carbocycles. The maximum absolute atomic E-state index is 7.10.